The second kappa shape index (κ2) is 7.66. The minimum Gasteiger partial charge on any atom is -0.455 e. The Balaban J connectivity index is 1.64. The van der Waals surface area contributed by atoms with Crippen LogP contribution in [0, 0.1) is 0 Å². The molecule has 1 aliphatic heterocycles. The number of piperidine rings is 1. The fourth-order valence-electron chi connectivity index (χ4n) is 3.25. The monoisotopic (exact) mass is 330 g/mol. The lowest BCUT2D eigenvalue weighted by Crippen LogP contribution is -2.40. The van der Waals surface area contributed by atoms with Gasteiger partial charge in [-0.1, -0.05) is 13.8 Å². The van der Waals surface area contributed by atoms with Gasteiger partial charge < -0.3 is 9.32 Å². The predicted octanol–water partition coefficient (Wildman–Crippen LogP) is 2.80. The molecular formula is C18H26N4O2. The Hall–Kier alpha value is -2.08. The van der Waals surface area contributed by atoms with Crippen LogP contribution < -0.4 is 0 Å². The van der Waals surface area contributed by atoms with Crippen molar-refractivity contribution in [2.45, 2.75) is 39.3 Å². The van der Waals surface area contributed by atoms with Gasteiger partial charge in [-0.3, -0.25) is 14.4 Å². The second-order valence-electron chi connectivity index (χ2n) is 6.26. The zero-order valence-corrected chi connectivity index (χ0v) is 14.5. The number of carbonyl (C=O) groups is 1. The molecule has 3 heterocycles. The number of nitrogens with zero attached hydrogens (tertiary/aromatic N) is 4. The smallest absolute Gasteiger partial charge is 0.289 e. The molecule has 2 aromatic heterocycles. The molecule has 1 amide bonds. The molecule has 2 aromatic rings. The summed E-state index contributed by atoms with van der Waals surface area (Å²) in [7, 11) is 0. The maximum Gasteiger partial charge on any atom is 0.289 e. The first-order valence-electron chi connectivity index (χ1n) is 8.80. The van der Waals surface area contributed by atoms with E-state index in [9.17, 15) is 4.79 Å². The Kier molecular flexibility index (Phi) is 5.35. The summed E-state index contributed by atoms with van der Waals surface area (Å²) in [6.07, 6.45) is 5.79. The Labute approximate surface area is 143 Å². The average Bonchev–Trinajstić information content (AvgIpc) is 3.31. The summed E-state index contributed by atoms with van der Waals surface area (Å²) in [5.41, 5.74) is 0. The highest BCUT2D eigenvalue weighted by Crippen LogP contribution is 2.23. The third-order valence-corrected chi connectivity index (χ3v) is 4.73. The number of hydrogen-bond donors (Lipinski definition) is 0. The molecule has 1 aliphatic rings. The van der Waals surface area contributed by atoms with Crippen LogP contribution in [0.5, 0.6) is 0 Å². The zero-order valence-electron chi connectivity index (χ0n) is 14.5. The SMILES string of the molecule is CCN(CC)Cc1ccc(C(=O)N2CCC[C@@H](n3cccn3)C2)o1. The molecule has 6 heteroatoms. The lowest BCUT2D eigenvalue weighted by molar-refractivity contribution is 0.0637. The standard InChI is InChI=1S/C18H26N4O2/c1-3-20(4-2)14-16-8-9-17(24-16)18(23)21-11-5-7-15(13-21)22-12-6-10-19-22/h6,8-10,12,15H,3-5,7,11,13-14H2,1-2H3/t15-/m1/s1. The summed E-state index contributed by atoms with van der Waals surface area (Å²) in [4.78, 5) is 16.9. The highest BCUT2D eigenvalue weighted by atomic mass is 16.4. The van der Waals surface area contributed by atoms with Crippen LogP contribution in [0.1, 0.15) is 49.0 Å². The number of rotatable bonds is 6. The first-order chi connectivity index (χ1) is 11.7. The highest BCUT2D eigenvalue weighted by molar-refractivity contribution is 5.91. The van der Waals surface area contributed by atoms with Crippen molar-refractivity contribution in [1.82, 2.24) is 19.6 Å². The van der Waals surface area contributed by atoms with Crippen molar-refractivity contribution in [3.8, 4) is 0 Å². The molecule has 0 aromatic carbocycles. The van der Waals surface area contributed by atoms with Crippen molar-refractivity contribution >= 4 is 5.91 Å². The largest absolute Gasteiger partial charge is 0.455 e. The number of hydrogen-bond acceptors (Lipinski definition) is 4. The average molecular weight is 330 g/mol. The first kappa shape index (κ1) is 16.8. The number of aromatic nitrogens is 2. The van der Waals surface area contributed by atoms with Crippen LogP contribution in [0.3, 0.4) is 0 Å². The molecule has 1 fully saturated rings. The summed E-state index contributed by atoms with van der Waals surface area (Å²) in [5, 5.41) is 4.31. The number of furan rings is 1. The van der Waals surface area contributed by atoms with Gasteiger partial charge in [0.2, 0.25) is 0 Å². The molecule has 0 bridgehead atoms. The lowest BCUT2D eigenvalue weighted by Gasteiger charge is -2.32. The van der Waals surface area contributed by atoms with Crippen molar-refractivity contribution in [1.29, 1.82) is 0 Å². The first-order valence-corrected chi connectivity index (χ1v) is 8.80. The maximum atomic E-state index is 12.7. The highest BCUT2D eigenvalue weighted by Gasteiger charge is 2.27. The summed E-state index contributed by atoms with van der Waals surface area (Å²) < 4.78 is 7.76. The Morgan fingerprint density at radius 1 is 1.38 bits per heavy atom. The van der Waals surface area contributed by atoms with E-state index in [0.717, 1.165) is 44.8 Å². The van der Waals surface area contributed by atoms with Gasteiger partial charge in [-0.05, 0) is 44.1 Å². The molecule has 6 nitrogen and oxygen atoms in total. The van der Waals surface area contributed by atoms with E-state index < -0.39 is 0 Å². The van der Waals surface area contributed by atoms with Gasteiger partial charge in [0.15, 0.2) is 5.76 Å². The van der Waals surface area contributed by atoms with Crippen LogP contribution >= 0.6 is 0 Å². The van der Waals surface area contributed by atoms with Crippen molar-refractivity contribution in [2.75, 3.05) is 26.2 Å². The number of amides is 1. The summed E-state index contributed by atoms with van der Waals surface area (Å²) in [6, 6.07) is 5.90. The molecule has 130 valence electrons. The van der Waals surface area contributed by atoms with Gasteiger partial charge in [0, 0.05) is 25.5 Å². The molecule has 0 unspecified atom stereocenters. The third-order valence-electron chi connectivity index (χ3n) is 4.73. The van der Waals surface area contributed by atoms with Gasteiger partial charge in [0.1, 0.15) is 5.76 Å². The summed E-state index contributed by atoms with van der Waals surface area (Å²) >= 11 is 0. The van der Waals surface area contributed by atoms with Gasteiger partial charge in [-0.2, -0.15) is 5.10 Å². The van der Waals surface area contributed by atoms with Crippen LogP contribution in [0.2, 0.25) is 0 Å². The van der Waals surface area contributed by atoms with Crippen molar-refractivity contribution in [2.24, 2.45) is 0 Å². The van der Waals surface area contributed by atoms with Crippen molar-refractivity contribution in [3.05, 3.63) is 42.1 Å². The van der Waals surface area contributed by atoms with Crippen LogP contribution in [-0.2, 0) is 6.54 Å². The van der Waals surface area contributed by atoms with E-state index in [0.29, 0.717) is 12.3 Å². The van der Waals surface area contributed by atoms with Gasteiger partial charge in [0.05, 0.1) is 12.6 Å². The van der Waals surface area contributed by atoms with Gasteiger partial charge >= 0.3 is 0 Å². The Morgan fingerprint density at radius 3 is 2.92 bits per heavy atom. The van der Waals surface area contributed by atoms with E-state index >= 15 is 0 Å². The molecule has 0 spiro atoms. The fourth-order valence-corrected chi connectivity index (χ4v) is 3.25. The molecule has 0 radical (unpaired) electrons. The number of likely N-dealkylation sites (tertiary alicyclic amines) is 1. The topological polar surface area (TPSA) is 54.5 Å². The van der Waals surface area contributed by atoms with Crippen LogP contribution in [0.25, 0.3) is 0 Å². The van der Waals surface area contributed by atoms with E-state index in [-0.39, 0.29) is 11.9 Å². The van der Waals surface area contributed by atoms with E-state index in [1.165, 1.54) is 0 Å². The fraction of sp³-hybridized carbons (Fsp3) is 0.556. The molecule has 1 saturated heterocycles. The molecule has 0 N–H and O–H groups in total. The van der Waals surface area contributed by atoms with Crippen molar-refractivity contribution < 1.29 is 9.21 Å². The summed E-state index contributed by atoms with van der Waals surface area (Å²) in [6.45, 7) is 8.41. The molecule has 1 atom stereocenters. The van der Waals surface area contributed by atoms with Crippen LogP contribution in [0.15, 0.2) is 35.0 Å². The Bertz CT molecular complexity index is 646. The van der Waals surface area contributed by atoms with Crippen LogP contribution in [-0.4, -0.2) is 51.7 Å². The van der Waals surface area contributed by atoms with Crippen molar-refractivity contribution in [3.63, 3.8) is 0 Å². The molecule has 24 heavy (non-hydrogen) atoms. The van der Waals surface area contributed by atoms with Gasteiger partial charge in [-0.15, -0.1) is 0 Å². The van der Waals surface area contributed by atoms with E-state index in [4.69, 9.17) is 4.42 Å². The van der Waals surface area contributed by atoms with Crippen LogP contribution in [0.4, 0.5) is 0 Å². The summed E-state index contributed by atoms with van der Waals surface area (Å²) in [5.74, 6) is 1.28. The van der Waals surface area contributed by atoms with E-state index in [1.54, 1.807) is 12.3 Å². The van der Waals surface area contributed by atoms with E-state index in [2.05, 4.69) is 23.8 Å². The van der Waals surface area contributed by atoms with E-state index in [1.807, 2.05) is 27.9 Å². The quantitative estimate of drug-likeness (QED) is 0.817. The minimum absolute atomic E-state index is 0.0161. The second-order valence-corrected chi connectivity index (χ2v) is 6.26. The predicted molar refractivity (Wildman–Crippen MR) is 91.7 cm³/mol. The maximum absolute atomic E-state index is 12.7. The number of carbonyl (C=O) groups excluding carboxylic acids is 1. The normalized spacial score (nSPS) is 18.3. The lowest BCUT2D eigenvalue weighted by atomic mass is 10.1. The van der Waals surface area contributed by atoms with Gasteiger partial charge in [-0.25, -0.2) is 0 Å². The third kappa shape index (κ3) is 3.70. The molecule has 3 rings (SSSR count). The molecular weight excluding hydrogens is 304 g/mol. The zero-order chi connectivity index (χ0) is 16.9. The van der Waals surface area contributed by atoms with Gasteiger partial charge in [0.25, 0.3) is 5.91 Å². The Morgan fingerprint density at radius 2 is 2.21 bits per heavy atom. The minimum atomic E-state index is -0.0161. The molecule has 0 aliphatic carbocycles. The molecule has 0 saturated carbocycles.